The summed E-state index contributed by atoms with van der Waals surface area (Å²) in [6, 6.07) is 15.8. The Balaban J connectivity index is 1.25. The first-order valence-electron chi connectivity index (χ1n) is 13.8. The van der Waals surface area contributed by atoms with Gasteiger partial charge in [-0.25, -0.2) is 13.1 Å². The Hall–Kier alpha value is -5.20. The molecular formula is C29H27N7O7S. The molecule has 2 aromatic carbocycles. The van der Waals surface area contributed by atoms with Gasteiger partial charge in [0.2, 0.25) is 5.88 Å². The molecule has 0 radical (unpaired) electrons. The van der Waals surface area contributed by atoms with Crippen molar-refractivity contribution in [3.05, 3.63) is 76.5 Å². The van der Waals surface area contributed by atoms with Crippen LogP contribution in [0.4, 0.5) is 22.7 Å². The number of sulfonamides is 1. The van der Waals surface area contributed by atoms with Crippen LogP contribution < -0.4 is 19.7 Å². The molecule has 1 amide bonds. The second-order valence-electron chi connectivity index (χ2n) is 10.5. The second-order valence-corrected chi connectivity index (χ2v) is 12.2. The third kappa shape index (κ3) is 5.48. The number of H-pyrrole nitrogens is 1. The molecule has 0 saturated carbocycles. The summed E-state index contributed by atoms with van der Waals surface area (Å²) in [6.07, 6.45) is 2.68. The maximum absolute atomic E-state index is 13.5. The number of nitro groups is 1. The van der Waals surface area contributed by atoms with Gasteiger partial charge in [0.25, 0.3) is 21.6 Å². The van der Waals surface area contributed by atoms with Gasteiger partial charge in [-0.15, -0.1) is 0 Å². The lowest BCUT2D eigenvalue weighted by atomic mass is 9.81. The number of aromatic amines is 1. The zero-order valence-corrected chi connectivity index (χ0v) is 24.1. The van der Waals surface area contributed by atoms with Gasteiger partial charge in [0.05, 0.1) is 39.1 Å². The summed E-state index contributed by atoms with van der Waals surface area (Å²) in [5.74, 6) is -0.544. The largest absolute Gasteiger partial charge is 0.474 e. The average molecular weight is 618 g/mol. The van der Waals surface area contributed by atoms with Crippen LogP contribution in [0.3, 0.4) is 0 Å². The van der Waals surface area contributed by atoms with Gasteiger partial charge in [-0.2, -0.15) is 10.2 Å². The number of nitrogens with one attached hydrogen (secondary N) is 3. The van der Waals surface area contributed by atoms with Crippen LogP contribution in [0.25, 0.3) is 11.0 Å². The van der Waals surface area contributed by atoms with Crippen LogP contribution in [0, 0.1) is 26.9 Å². The van der Waals surface area contributed by atoms with E-state index in [0.717, 1.165) is 11.5 Å². The Labute approximate surface area is 251 Å². The molecule has 0 unspecified atom stereocenters. The zero-order chi connectivity index (χ0) is 30.9. The highest BCUT2D eigenvalue weighted by molar-refractivity contribution is 7.90. The predicted molar refractivity (Wildman–Crippen MR) is 159 cm³/mol. The van der Waals surface area contributed by atoms with E-state index in [1.807, 2.05) is 17.0 Å². The number of hydrogen-bond donors (Lipinski definition) is 3. The molecule has 2 aliphatic heterocycles. The number of nitriles is 1. The molecule has 1 saturated heterocycles. The van der Waals surface area contributed by atoms with Crippen LogP contribution in [-0.2, 0) is 14.8 Å². The van der Waals surface area contributed by atoms with E-state index < -0.39 is 36.9 Å². The molecule has 4 aromatic rings. The highest BCUT2D eigenvalue weighted by Crippen LogP contribution is 2.39. The maximum Gasteiger partial charge on any atom is 0.293 e. The third-order valence-electron chi connectivity index (χ3n) is 7.77. The summed E-state index contributed by atoms with van der Waals surface area (Å²) in [6.45, 7) is 1.60. The molecule has 2 aromatic heterocycles. The summed E-state index contributed by atoms with van der Waals surface area (Å²) in [7, 11) is -4.52. The van der Waals surface area contributed by atoms with Crippen LogP contribution >= 0.6 is 0 Å². The Kier molecular flexibility index (Phi) is 7.53. The molecule has 0 bridgehead atoms. The van der Waals surface area contributed by atoms with E-state index in [4.69, 9.17) is 9.47 Å². The Morgan fingerprint density at radius 2 is 1.93 bits per heavy atom. The number of benzene rings is 2. The minimum atomic E-state index is -4.52. The van der Waals surface area contributed by atoms with Gasteiger partial charge in [-0.3, -0.25) is 14.9 Å². The third-order valence-corrected chi connectivity index (χ3v) is 9.10. The number of carbonyl (C=O) groups excluding carboxylic acids is 1. The van der Waals surface area contributed by atoms with Crippen LogP contribution in [0.1, 0.15) is 23.2 Å². The molecule has 0 spiro atoms. The number of para-hydroxylation sites is 1. The van der Waals surface area contributed by atoms with E-state index in [0.29, 0.717) is 55.5 Å². The van der Waals surface area contributed by atoms with E-state index in [9.17, 15) is 28.6 Å². The van der Waals surface area contributed by atoms with Gasteiger partial charge >= 0.3 is 0 Å². The number of nitrogens with zero attached hydrogens (tertiary/aromatic N) is 4. The summed E-state index contributed by atoms with van der Waals surface area (Å²) in [5, 5.41) is 25.4. The Morgan fingerprint density at radius 1 is 1.14 bits per heavy atom. The number of nitro benzene ring substituents is 1. The Morgan fingerprint density at radius 3 is 2.70 bits per heavy atom. The molecule has 14 nitrogen and oxygen atoms in total. The van der Waals surface area contributed by atoms with Crippen molar-refractivity contribution in [3.8, 4) is 11.9 Å². The number of aromatic nitrogens is 2. The summed E-state index contributed by atoms with van der Waals surface area (Å²) in [5.41, 5.74) is 0.561. The van der Waals surface area contributed by atoms with Crippen LogP contribution in [0.5, 0.6) is 5.88 Å². The number of amides is 1. The molecule has 6 rings (SSSR count). The number of pyridine rings is 1. The SMILES string of the molecule is N#CC1(CNc2ccc(S(=O)(=O)NC(=O)c3ccccc3N3CCOc4nc5[nH]ccc5cc43)cc2[N+](=O)[O-])CCOCC1. The van der Waals surface area contributed by atoms with Gasteiger partial charge in [-0.1, -0.05) is 12.1 Å². The number of fused-ring (bicyclic) bond motifs is 2. The fourth-order valence-electron chi connectivity index (χ4n) is 5.33. The standard InChI is InChI=1S/C29H27N7O7S/c30-17-29(8-12-42-13-9-29)18-32-22-6-5-20(16-24(22)36(38)39)44(40,41)34-27(37)21-3-1-2-4-23(21)35-11-14-43-28-25(35)15-19-7-10-31-26(19)33-28/h1-7,10,15-16,32H,8-9,11-14,18H2,(H,31,33)(H,34,37). The number of ether oxygens (including phenoxy) is 2. The fourth-order valence-corrected chi connectivity index (χ4v) is 6.31. The van der Waals surface area contributed by atoms with E-state index >= 15 is 0 Å². The van der Waals surface area contributed by atoms with Gasteiger partial charge in [-0.05, 0) is 49.2 Å². The van der Waals surface area contributed by atoms with Gasteiger partial charge in [0.1, 0.15) is 23.6 Å². The maximum atomic E-state index is 13.5. The van der Waals surface area contributed by atoms with Crippen molar-refractivity contribution in [1.82, 2.24) is 14.7 Å². The number of carbonyl (C=O) groups is 1. The molecule has 2 aliphatic rings. The van der Waals surface area contributed by atoms with E-state index in [-0.39, 0.29) is 24.4 Å². The molecule has 3 N–H and O–H groups in total. The van der Waals surface area contributed by atoms with E-state index in [1.54, 1.807) is 24.4 Å². The van der Waals surface area contributed by atoms with E-state index in [1.165, 1.54) is 18.2 Å². The monoisotopic (exact) mass is 617 g/mol. The molecule has 4 heterocycles. The molecule has 0 aliphatic carbocycles. The minimum Gasteiger partial charge on any atom is -0.474 e. The van der Waals surface area contributed by atoms with Crippen molar-refractivity contribution in [3.63, 3.8) is 0 Å². The van der Waals surface area contributed by atoms with Crippen molar-refractivity contribution in [1.29, 1.82) is 5.26 Å². The first-order chi connectivity index (χ1) is 21.2. The zero-order valence-electron chi connectivity index (χ0n) is 23.3. The lowest BCUT2D eigenvalue weighted by Crippen LogP contribution is -2.35. The molecule has 0 atom stereocenters. The fraction of sp³-hybridized carbons (Fsp3) is 0.276. The van der Waals surface area contributed by atoms with Crippen LogP contribution in [0.2, 0.25) is 0 Å². The minimum absolute atomic E-state index is 0.0582. The lowest BCUT2D eigenvalue weighted by Gasteiger charge is -2.31. The molecule has 226 valence electrons. The smallest absolute Gasteiger partial charge is 0.293 e. The van der Waals surface area contributed by atoms with Gasteiger partial charge in [0.15, 0.2) is 0 Å². The van der Waals surface area contributed by atoms with Gasteiger partial charge < -0.3 is 24.7 Å². The molecule has 44 heavy (non-hydrogen) atoms. The molecular weight excluding hydrogens is 590 g/mol. The van der Waals surface area contributed by atoms with Gasteiger partial charge in [0, 0.05) is 37.4 Å². The normalized spacial score (nSPS) is 15.9. The second kappa shape index (κ2) is 11.5. The molecule has 15 heteroatoms. The highest BCUT2D eigenvalue weighted by Gasteiger charge is 2.34. The number of rotatable bonds is 8. The van der Waals surface area contributed by atoms with Crippen molar-refractivity contribution < 1.29 is 27.6 Å². The van der Waals surface area contributed by atoms with Crippen molar-refractivity contribution in [2.45, 2.75) is 17.7 Å². The summed E-state index contributed by atoms with van der Waals surface area (Å²) >= 11 is 0. The Bertz CT molecular complexity index is 1910. The van der Waals surface area contributed by atoms with Crippen LogP contribution in [0.15, 0.2) is 65.7 Å². The summed E-state index contributed by atoms with van der Waals surface area (Å²) in [4.78, 5) is 33.6. The number of anilines is 3. The topological polar surface area (TPSA) is 193 Å². The van der Waals surface area contributed by atoms with Crippen molar-refractivity contribution >= 4 is 49.7 Å². The quantitative estimate of drug-likeness (QED) is 0.192. The highest BCUT2D eigenvalue weighted by atomic mass is 32.2. The lowest BCUT2D eigenvalue weighted by molar-refractivity contribution is -0.384. The summed E-state index contributed by atoms with van der Waals surface area (Å²) < 4.78 is 39.8. The first kappa shape index (κ1) is 28.9. The molecule has 1 fully saturated rings. The van der Waals surface area contributed by atoms with Crippen molar-refractivity contribution in [2.24, 2.45) is 5.41 Å². The first-order valence-corrected chi connectivity index (χ1v) is 15.2. The average Bonchev–Trinajstić information content (AvgIpc) is 3.50. The predicted octanol–water partition coefficient (Wildman–Crippen LogP) is 3.85. The van der Waals surface area contributed by atoms with Crippen molar-refractivity contribution in [2.75, 3.05) is 43.1 Å². The number of hydrogen-bond acceptors (Lipinski definition) is 11. The van der Waals surface area contributed by atoms with E-state index in [2.05, 4.69) is 26.1 Å². The van der Waals surface area contributed by atoms with Crippen LogP contribution in [-0.4, -0.2) is 62.1 Å².